The van der Waals surface area contributed by atoms with Crippen molar-refractivity contribution in [1.82, 2.24) is 10.2 Å². The molecule has 1 aromatic rings. The molecule has 5 nitrogen and oxygen atoms in total. The molecule has 0 spiro atoms. The maximum Gasteiger partial charge on any atom is 0.257 e. The Hall–Kier alpha value is -1.78. The van der Waals surface area contributed by atoms with Gasteiger partial charge in [0.05, 0.1) is 11.5 Å². The molecule has 23 heavy (non-hydrogen) atoms. The van der Waals surface area contributed by atoms with Gasteiger partial charge in [0.25, 0.3) is 5.91 Å². The smallest absolute Gasteiger partial charge is 0.257 e. The van der Waals surface area contributed by atoms with Crippen molar-refractivity contribution in [2.45, 2.75) is 47.0 Å². The fraction of sp³-hybridized carbons (Fsp3) is 0.667. The number of piperidine rings is 1. The van der Waals surface area contributed by atoms with Gasteiger partial charge in [-0.05, 0) is 45.1 Å². The van der Waals surface area contributed by atoms with Crippen molar-refractivity contribution >= 4 is 11.8 Å². The number of hydrogen-bond acceptors (Lipinski definition) is 3. The summed E-state index contributed by atoms with van der Waals surface area (Å²) >= 11 is 0. The number of nitrogens with zero attached hydrogens (tertiary/aromatic N) is 1. The number of carbonyl (C=O) groups excluding carboxylic acids is 2. The number of rotatable bonds is 5. The summed E-state index contributed by atoms with van der Waals surface area (Å²) in [5.74, 6) is 1.91. The van der Waals surface area contributed by atoms with E-state index in [4.69, 9.17) is 4.42 Å². The number of nitrogens with one attached hydrogen (secondary N) is 1. The van der Waals surface area contributed by atoms with Gasteiger partial charge in [0.2, 0.25) is 5.91 Å². The third-order valence-electron chi connectivity index (χ3n) is 4.37. The van der Waals surface area contributed by atoms with E-state index in [9.17, 15) is 9.59 Å². The number of furan rings is 1. The molecule has 2 rings (SSSR count). The lowest BCUT2D eigenvalue weighted by Crippen LogP contribution is -2.45. The molecule has 128 valence electrons. The molecule has 0 bridgehead atoms. The Bertz CT molecular complexity index is 563. The van der Waals surface area contributed by atoms with Gasteiger partial charge < -0.3 is 14.6 Å². The van der Waals surface area contributed by atoms with Crippen molar-refractivity contribution < 1.29 is 14.0 Å². The van der Waals surface area contributed by atoms with Crippen LogP contribution in [0.25, 0.3) is 0 Å². The largest absolute Gasteiger partial charge is 0.466 e. The molecule has 0 aromatic carbocycles. The van der Waals surface area contributed by atoms with E-state index in [-0.39, 0.29) is 17.7 Å². The lowest BCUT2D eigenvalue weighted by molar-refractivity contribution is -0.126. The minimum atomic E-state index is -0.104. The van der Waals surface area contributed by atoms with Crippen LogP contribution in [-0.4, -0.2) is 36.3 Å². The zero-order valence-corrected chi connectivity index (χ0v) is 14.6. The van der Waals surface area contributed by atoms with Crippen LogP contribution in [0.4, 0.5) is 0 Å². The van der Waals surface area contributed by atoms with Gasteiger partial charge in [-0.15, -0.1) is 0 Å². The number of carbonyl (C=O) groups is 2. The van der Waals surface area contributed by atoms with E-state index in [1.807, 2.05) is 6.92 Å². The maximum absolute atomic E-state index is 12.6. The number of amides is 2. The molecule has 1 N–H and O–H groups in total. The van der Waals surface area contributed by atoms with Crippen LogP contribution < -0.4 is 5.32 Å². The summed E-state index contributed by atoms with van der Waals surface area (Å²) in [5.41, 5.74) is 0.614. The molecule has 2 heterocycles. The van der Waals surface area contributed by atoms with Crippen molar-refractivity contribution in [3.05, 3.63) is 23.2 Å². The van der Waals surface area contributed by atoms with Gasteiger partial charge >= 0.3 is 0 Å². The first-order chi connectivity index (χ1) is 10.9. The normalized spacial score (nSPS) is 18.3. The third kappa shape index (κ3) is 4.60. The van der Waals surface area contributed by atoms with E-state index in [2.05, 4.69) is 19.2 Å². The second-order valence-electron chi connectivity index (χ2n) is 6.89. The van der Waals surface area contributed by atoms with Gasteiger partial charge in [-0.3, -0.25) is 9.59 Å². The van der Waals surface area contributed by atoms with Crippen LogP contribution in [0.1, 0.15) is 55.0 Å². The lowest BCUT2D eigenvalue weighted by Gasteiger charge is -2.32. The first kappa shape index (κ1) is 17.6. The molecule has 1 atom stereocenters. The van der Waals surface area contributed by atoms with Crippen LogP contribution in [0.2, 0.25) is 0 Å². The average Bonchev–Trinajstić information content (AvgIpc) is 2.84. The molecule has 5 heteroatoms. The summed E-state index contributed by atoms with van der Waals surface area (Å²) in [7, 11) is 0. The third-order valence-corrected chi connectivity index (χ3v) is 4.37. The molecule has 1 saturated heterocycles. The SMILES string of the molecule is Cc1cc(C(=O)N2CCC[C@@H](C(=O)NCCC(C)C)C2)c(C)o1. The lowest BCUT2D eigenvalue weighted by atomic mass is 9.96. The van der Waals surface area contributed by atoms with Gasteiger partial charge in [-0.1, -0.05) is 13.8 Å². The van der Waals surface area contributed by atoms with E-state index in [0.717, 1.165) is 25.0 Å². The highest BCUT2D eigenvalue weighted by atomic mass is 16.3. The number of likely N-dealkylation sites (tertiary alicyclic amines) is 1. The van der Waals surface area contributed by atoms with Crippen molar-refractivity contribution in [2.75, 3.05) is 19.6 Å². The fourth-order valence-electron chi connectivity index (χ4n) is 3.02. The van der Waals surface area contributed by atoms with Gasteiger partial charge in [0.15, 0.2) is 0 Å². The van der Waals surface area contributed by atoms with Crippen molar-refractivity contribution in [2.24, 2.45) is 11.8 Å². The Kier molecular flexibility index (Phi) is 5.85. The summed E-state index contributed by atoms with van der Waals surface area (Å²) in [6, 6.07) is 1.78. The maximum atomic E-state index is 12.6. The summed E-state index contributed by atoms with van der Waals surface area (Å²) in [6.07, 6.45) is 2.69. The average molecular weight is 320 g/mol. The Morgan fingerprint density at radius 2 is 2.13 bits per heavy atom. The monoisotopic (exact) mass is 320 g/mol. The van der Waals surface area contributed by atoms with Gasteiger partial charge in [0.1, 0.15) is 11.5 Å². The zero-order valence-electron chi connectivity index (χ0n) is 14.6. The van der Waals surface area contributed by atoms with E-state index in [1.54, 1.807) is 17.9 Å². The highest BCUT2D eigenvalue weighted by Gasteiger charge is 2.30. The van der Waals surface area contributed by atoms with Crippen molar-refractivity contribution in [1.29, 1.82) is 0 Å². The second kappa shape index (κ2) is 7.66. The topological polar surface area (TPSA) is 62.6 Å². The molecule has 1 aromatic heterocycles. The molecular formula is C18H28N2O3. The van der Waals surface area contributed by atoms with E-state index < -0.39 is 0 Å². The van der Waals surface area contributed by atoms with Crippen LogP contribution >= 0.6 is 0 Å². The highest BCUT2D eigenvalue weighted by molar-refractivity contribution is 5.95. The molecule has 0 unspecified atom stereocenters. The quantitative estimate of drug-likeness (QED) is 0.907. The van der Waals surface area contributed by atoms with Gasteiger partial charge in [-0.2, -0.15) is 0 Å². The van der Waals surface area contributed by atoms with E-state index in [1.165, 1.54) is 0 Å². The minimum Gasteiger partial charge on any atom is -0.466 e. The molecular weight excluding hydrogens is 292 g/mol. The van der Waals surface area contributed by atoms with Crippen LogP contribution in [0.15, 0.2) is 10.5 Å². The molecule has 2 amide bonds. The van der Waals surface area contributed by atoms with Gasteiger partial charge in [-0.25, -0.2) is 0 Å². The second-order valence-corrected chi connectivity index (χ2v) is 6.89. The van der Waals surface area contributed by atoms with E-state index >= 15 is 0 Å². The van der Waals surface area contributed by atoms with Gasteiger partial charge in [0, 0.05) is 19.6 Å². The van der Waals surface area contributed by atoms with Crippen LogP contribution in [0, 0.1) is 25.7 Å². The summed E-state index contributed by atoms with van der Waals surface area (Å²) in [4.78, 5) is 26.7. The summed E-state index contributed by atoms with van der Waals surface area (Å²) < 4.78 is 5.45. The Labute approximate surface area is 138 Å². The molecule has 0 aliphatic carbocycles. The van der Waals surface area contributed by atoms with Crippen LogP contribution in [0.5, 0.6) is 0 Å². The Balaban J connectivity index is 1.93. The van der Waals surface area contributed by atoms with Crippen LogP contribution in [-0.2, 0) is 4.79 Å². The first-order valence-corrected chi connectivity index (χ1v) is 8.52. The minimum absolute atomic E-state index is 0.0287. The predicted octanol–water partition coefficient (Wildman–Crippen LogP) is 2.91. The van der Waals surface area contributed by atoms with E-state index in [0.29, 0.717) is 36.9 Å². The van der Waals surface area contributed by atoms with Crippen molar-refractivity contribution in [3.63, 3.8) is 0 Å². The molecule has 1 aliphatic heterocycles. The molecule has 0 saturated carbocycles. The number of aryl methyl sites for hydroxylation is 2. The Morgan fingerprint density at radius 3 is 2.74 bits per heavy atom. The highest BCUT2D eigenvalue weighted by Crippen LogP contribution is 2.22. The number of hydrogen-bond donors (Lipinski definition) is 1. The standard InChI is InChI=1S/C18H28N2O3/c1-12(2)7-8-19-17(21)15-6-5-9-20(11-15)18(22)16-10-13(3)23-14(16)4/h10,12,15H,5-9,11H2,1-4H3,(H,19,21)/t15-/m1/s1. The predicted molar refractivity (Wildman–Crippen MR) is 89.3 cm³/mol. The molecule has 0 radical (unpaired) electrons. The molecule has 1 aliphatic rings. The fourth-order valence-corrected chi connectivity index (χ4v) is 3.02. The summed E-state index contributed by atoms with van der Waals surface area (Å²) in [5, 5.41) is 3.00. The molecule has 1 fully saturated rings. The zero-order chi connectivity index (χ0) is 17.0. The van der Waals surface area contributed by atoms with Crippen molar-refractivity contribution in [3.8, 4) is 0 Å². The Morgan fingerprint density at radius 1 is 1.39 bits per heavy atom. The van der Waals surface area contributed by atoms with Crippen LogP contribution in [0.3, 0.4) is 0 Å². The summed E-state index contributed by atoms with van der Waals surface area (Å²) in [6.45, 7) is 9.84. The first-order valence-electron chi connectivity index (χ1n) is 8.52.